The highest BCUT2D eigenvalue weighted by atomic mass is 16.5. The van der Waals surface area contributed by atoms with E-state index in [0.717, 1.165) is 39.0 Å². The third-order valence-corrected chi connectivity index (χ3v) is 5.01. The summed E-state index contributed by atoms with van der Waals surface area (Å²) >= 11 is 0. The number of nitrogens with zero attached hydrogens (tertiary/aromatic N) is 1. The van der Waals surface area contributed by atoms with Crippen molar-refractivity contribution in [3.05, 3.63) is 109 Å². The molecule has 5 rings (SSSR count). The molecule has 2 aromatic heterocycles. The first kappa shape index (κ1) is 18.0. The van der Waals surface area contributed by atoms with Crippen LogP contribution in [0, 0.1) is 0 Å². The van der Waals surface area contributed by atoms with Crippen LogP contribution in [0.3, 0.4) is 0 Å². The molecule has 0 amide bonds. The van der Waals surface area contributed by atoms with E-state index in [9.17, 15) is 0 Å². The normalized spacial score (nSPS) is 10.8. The molecular formula is C26H21N3O. The fourth-order valence-corrected chi connectivity index (χ4v) is 3.54. The smallest absolute Gasteiger partial charge is 0.221 e. The van der Waals surface area contributed by atoms with Gasteiger partial charge in [-0.3, -0.25) is 0 Å². The molecule has 0 radical (unpaired) electrons. The van der Waals surface area contributed by atoms with Crippen molar-refractivity contribution in [1.29, 1.82) is 0 Å². The van der Waals surface area contributed by atoms with E-state index in [-0.39, 0.29) is 0 Å². The molecule has 0 atom stereocenters. The minimum absolute atomic E-state index is 0.467. The third kappa shape index (κ3) is 3.76. The molecule has 0 unspecified atom stereocenters. The van der Waals surface area contributed by atoms with Crippen LogP contribution >= 0.6 is 0 Å². The Morgan fingerprint density at radius 3 is 2.33 bits per heavy atom. The van der Waals surface area contributed by atoms with Crippen molar-refractivity contribution in [3.63, 3.8) is 0 Å². The Bertz CT molecular complexity index is 1260. The average Bonchev–Trinajstić information content (AvgIpc) is 3.24. The lowest BCUT2D eigenvalue weighted by atomic mass is 10.1. The molecule has 2 heterocycles. The number of aromatic nitrogens is 2. The Morgan fingerprint density at radius 1 is 0.767 bits per heavy atom. The van der Waals surface area contributed by atoms with E-state index < -0.39 is 0 Å². The number of hydrogen-bond donors (Lipinski definition) is 2. The number of ether oxygens (including phenoxy) is 1. The van der Waals surface area contributed by atoms with E-state index in [1.165, 1.54) is 0 Å². The zero-order valence-corrected chi connectivity index (χ0v) is 16.4. The number of nitrogens with one attached hydrogen (secondary N) is 2. The highest BCUT2D eigenvalue weighted by Crippen LogP contribution is 2.36. The first-order chi connectivity index (χ1) is 14.9. The minimum atomic E-state index is 0.467. The third-order valence-electron chi connectivity index (χ3n) is 5.01. The van der Waals surface area contributed by atoms with Gasteiger partial charge in [-0.25, -0.2) is 4.98 Å². The molecule has 0 bridgehead atoms. The molecule has 0 saturated heterocycles. The Morgan fingerprint density at radius 2 is 1.50 bits per heavy atom. The summed E-state index contributed by atoms with van der Waals surface area (Å²) in [5.74, 6) is 0.613. The van der Waals surface area contributed by atoms with E-state index in [0.29, 0.717) is 12.5 Å². The number of rotatable bonds is 6. The molecular weight excluding hydrogens is 370 g/mol. The second-order valence-corrected chi connectivity index (χ2v) is 7.09. The number of benzene rings is 3. The maximum absolute atomic E-state index is 6.15. The molecule has 146 valence electrons. The van der Waals surface area contributed by atoms with Crippen molar-refractivity contribution in [2.75, 3.05) is 5.32 Å². The van der Waals surface area contributed by atoms with Crippen molar-refractivity contribution in [2.24, 2.45) is 0 Å². The SMILES string of the molecule is c1ccc(COc2ncc(Nc3ccccc3)cc2-c2c[nH]c3ccccc23)cc1. The molecule has 4 nitrogen and oxygen atoms in total. The fraction of sp³-hybridized carbons (Fsp3) is 0.0385. The molecule has 3 aromatic carbocycles. The van der Waals surface area contributed by atoms with Crippen LogP contribution in [0.4, 0.5) is 11.4 Å². The maximum Gasteiger partial charge on any atom is 0.221 e. The Kier molecular flexibility index (Phi) is 4.88. The van der Waals surface area contributed by atoms with E-state index >= 15 is 0 Å². The van der Waals surface area contributed by atoms with Crippen molar-refractivity contribution in [2.45, 2.75) is 6.61 Å². The first-order valence-electron chi connectivity index (χ1n) is 9.92. The minimum Gasteiger partial charge on any atom is -0.472 e. The molecule has 0 saturated carbocycles. The molecule has 4 heteroatoms. The molecule has 0 aliphatic heterocycles. The Labute approximate surface area is 175 Å². The van der Waals surface area contributed by atoms with Crippen LogP contribution in [-0.2, 0) is 6.61 Å². The van der Waals surface area contributed by atoms with Gasteiger partial charge in [0.25, 0.3) is 0 Å². The van der Waals surface area contributed by atoms with Gasteiger partial charge in [-0.1, -0.05) is 66.7 Å². The standard InChI is InChI=1S/C26H21N3O/c1-3-9-19(10-4-1)18-30-26-23(24-17-27-25-14-8-7-13-22(24)25)15-21(16-28-26)29-20-11-5-2-6-12-20/h1-17,27,29H,18H2. The van der Waals surface area contributed by atoms with Crippen LogP contribution < -0.4 is 10.1 Å². The maximum atomic E-state index is 6.15. The van der Waals surface area contributed by atoms with Gasteiger partial charge in [0, 0.05) is 33.9 Å². The molecule has 0 spiro atoms. The fourth-order valence-electron chi connectivity index (χ4n) is 3.54. The molecule has 2 N–H and O–H groups in total. The van der Waals surface area contributed by atoms with E-state index in [4.69, 9.17) is 4.74 Å². The van der Waals surface area contributed by atoms with E-state index in [1.807, 2.05) is 73.1 Å². The number of hydrogen-bond acceptors (Lipinski definition) is 3. The lowest BCUT2D eigenvalue weighted by molar-refractivity contribution is 0.295. The molecule has 0 aliphatic rings. The lowest BCUT2D eigenvalue weighted by Crippen LogP contribution is -2.00. The number of fused-ring (bicyclic) bond motifs is 1. The van der Waals surface area contributed by atoms with Gasteiger partial charge in [-0.05, 0) is 29.8 Å². The second-order valence-electron chi connectivity index (χ2n) is 7.09. The average molecular weight is 391 g/mol. The highest BCUT2D eigenvalue weighted by Gasteiger charge is 2.14. The van der Waals surface area contributed by atoms with E-state index in [2.05, 4.69) is 45.6 Å². The second kappa shape index (κ2) is 8.13. The van der Waals surface area contributed by atoms with Gasteiger partial charge in [0.1, 0.15) is 6.61 Å². The van der Waals surface area contributed by atoms with Crippen LogP contribution in [0.15, 0.2) is 103 Å². The summed E-state index contributed by atoms with van der Waals surface area (Å²) in [6.07, 6.45) is 3.83. The van der Waals surface area contributed by atoms with Gasteiger partial charge >= 0.3 is 0 Å². The summed E-state index contributed by atoms with van der Waals surface area (Å²) in [4.78, 5) is 8.01. The summed E-state index contributed by atoms with van der Waals surface area (Å²) in [6.45, 7) is 0.467. The summed E-state index contributed by atoms with van der Waals surface area (Å²) in [5, 5.41) is 4.57. The summed E-state index contributed by atoms with van der Waals surface area (Å²) < 4.78 is 6.15. The molecule has 0 fully saturated rings. The van der Waals surface area contributed by atoms with Gasteiger partial charge in [-0.15, -0.1) is 0 Å². The monoisotopic (exact) mass is 391 g/mol. The van der Waals surface area contributed by atoms with Gasteiger partial charge in [-0.2, -0.15) is 0 Å². The predicted octanol–water partition coefficient (Wildman–Crippen LogP) is 6.55. The number of H-pyrrole nitrogens is 1. The van der Waals surface area contributed by atoms with Crippen LogP contribution in [0.2, 0.25) is 0 Å². The number of para-hydroxylation sites is 2. The van der Waals surface area contributed by atoms with E-state index in [1.54, 1.807) is 0 Å². The summed E-state index contributed by atoms with van der Waals surface area (Å²) in [5.41, 5.74) is 6.14. The largest absolute Gasteiger partial charge is 0.472 e. The van der Waals surface area contributed by atoms with Gasteiger partial charge in [0.2, 0.25) is 5.88 Å². The summed E-state index contributed by atoms with van der Waals surface area (Å²) in [6, 6.07) is 30.6. The molecule has 5 aromatic rings. The van der Waals surface area contributed by atoms with Crippen LogP contribution in [0.1, 0.15) is 5.56 Å². The highest BCUT2D eigenvalue weighted by molar-refractivity contribution is 5.97. The molecule has 0 aliphatic carbocycles. The van der Waals surface area contributed by atoms with Gasteiger partial charge < -0.3 is 15.0 Å². The van der Waals surface area contributed by atoms with Crippen LogP contribution in [0.5, 0.6) is 5.88 Å². The topological polar surface area (TPSA) is 49.9 Å². The quantitative estimate of drug-likeness (QED) is 0.345. The van der Waals surface area contributed by atoms with Crippen molar-refractivity contribution in [3.8, 4) is 17.0 Å². The number of anilines is 2. The van der Waals surface area contributed by atoms with Crippen molar-refractivity contribution < 1.29 is 4.74 Å². The van der Waals surface area contributed by atoms with Crippen LogP contribution in [-0.4, -0.2) is 9.97 Å². The zero-order valence-electron chi connectivity index (χ0n) is 16.4. The number of aromatic amines is 1. The lowest BCUT2D eigenvalue weighted by Gasteiger charge is -2.13. The van der Waals surface area contributed by atoms with Crippen molar-refractivity contribution in [1.82, 2.24) is 9.97 Å². The first-order valence-corrected chi connectivity index (χ1v) is 9.92. The Hall–Kier alpha value is -4.05. The molecule has 30 heavy (non-hydrogen) atoms. The van der Waals surface area contributed by atoms with Gasteiger partial charge in [0.15, 0.2) is 0 Å². The van der Waals surface area contributed by atoms with Gasteiger partial charge in [0.05, 0.1) is 11.9 Å². The zero-order chi connectivity index (χ0) is 20.2. The van der Waals surface area contributed by atoms with Crippen LogP contribution in [0.25, 0.3) is 22.0 Å². The Balaban J connectivity index is 1.54. The van der Waals surface area contributed by atoms with Crippen molar-refractivity contribution >= 4 is 22.3 Å². The predicted molar refractivity (Wildman–Crippen MR) is 122 cm³/mol. The summed E-state index contributed by atoms with van der Waals surface area (Å²) in [7, 11) is 0. The number of pyridine rings is 1.